The molecule has 0 aliphatic rings. The molecule has 26 heavy (non-hydrogen) atoms. The van der Waals surface area contributed by atoms with Gasteiger partial charge in [-0.2, -0.15) is 0 Å². The summed E-state index contributed by atoms with van der Waals surface area (Å²) in [5.41, 5.74) is 3.28. The van der Waals surface area contributed by atoms with Crippen LogP contribution in [0, 0.1) is 0 Å². The van der Waals surface area contributed by atoms with Gasteiger partial charge in [0.1, 0.15) is 0 Å². The van der Waals surface area contributed by atoms with Gasteiger partial charge in [0.05, 0.1) is 6.54 Å². The van der Waals surface area contributed by atoms with Gasteiger partial charge in [-0.15, -0.1) is 0 Å². The van der Waals surface area contributed by atoms with E-state index in [-0.39, 0.29) is 5.91 Å². The summed E-state index contributed by atoms with van der Waals surface area (Å²) in [6.45, 7) is 3.12. The Balaban J connectivity index is 0.000000487. The van der Waals surface area contributed by atoms with E-state index in [0.29, 0.717) is 13.1 Å². The maximum atomic E-state index is 11.8. The maximum absolute atomic E-state index is 11.8. The van der Waals surface area contributed by atoms with Gasteiger partial charge in [0.2, 0.25) is 5.91 Å². The lowest BCUT2D eigenvalue weighted by Crippen LogP contribution is -2.27. The molecule has 0 radical (unpaired) electrons. The van der Waals surface area contributed by atoms with Gasteiger partial charge >= 0.3 is 11.9 Å². The summed E-state index contributed by atoms with van der Waals surface area (Å²) < 4.78 is 0. The van der Waals surface area contributed by atoms with Crippen molar-refractivity contribution in [1.82, 2.24) is 5.32 Å². The first kappa shape index (κ1) is 20.9. The highest BCUT2D eigenvalue weighted by molar-refractivity contribution is 6.27. The van der Waals surface area contributed by atoms with Gasteiger partial charge in [0, 0.05) is 12.2 Å². The lowest BCUT2D eigenvalue weighted by atomic mass is 10.1. The minimum atomic E-state index is -1.82. The molecule has 0 fully saturated rings. The number of aliphatic carboxylic acids is 2. The number of anilines is 1. The van der Waals surface area contributed by atoms with E-state index in [9.17, 15) is 4.79 Å². The Morgan fingerprint density at radius 2 is 1.42 bits per heavy atom. The van der Waals surface area contributed by atoms with Gasteiger partial charge < -0.3 is 20.8 Å². The van der Waals surface area contributed by atoms with Gasteiger partial charge in [-0.1, -0.05) is 49.4 Å². The Labute approximate surface area is 151 Å². The first-order chi connectivity index (χ1) is 12.4. The molecule has 0 aromatic heterocycles. The standard InChI is InChI=1S/C17H20N2O.C2H2O4/c1-2-14-8-10-16(11-9-14)19-17(20)13-18-12-15-6-4-3-5-7-15;3-1(4)2(5)6/h3-11,18H,2,12-13H2,1H3,(H,19,20);(H,3,4)(H,5,6). The number of benzene rings is 2. The highest BCUT2D eigenvalue weighted by Gasteiger charge is 2.04. The van der Waals surface area contributed by atoms with Crippen molar-refractivity contribution in [3.8, 4) is 0 Å². The van der Waals surface area contributed by atoms with Crippen molar-refractivity contribution in [1.29, 1.82) is 0 Å². The van der Waals surface area contributed by atoms with Gasteiger partial charge in [-0.3, -0.25) is 4.79 Å². The van der Waals surface area contributed by atoms with Crippen LogP contribution in [0.25, 0.3) is 0 Å². The van der Waals surface area contributed by atoms with Crippen LogP contribution in [0.4, 0.5) is 5.69 Å². The second-order valence-corrected chi connectivity index (χ2v) is 5.30. The summed E-state index contributed by atoms with van der Waals surface area (Å²) >= 11 is 0. The predicted octanol–water partition coefficient (Wildman–Crippen LogP) is 2.13. The van der Waals surface area contributed by atoms with Crippen molar-refractivity contribution in [2.75, 3.05) is 11.9 Å². The molecular formula is C19H22N2O5. The van der Waals surface area contributed by atoms with E-state index < -0.39 is 11.9 Å². The highest BCUT2D eigenvalue weighted by atomic mass is 16.4. The first-order valence-corrected chi connectivity index (χ1v) is 8.02. The Morgan fingerprint density at radius 1 is 0.846 bits per heavy atom. The van der Waals surface area contributed by atoms with Crippen molar-refractivity contribution < 1.29 is 24.6 Å². The highest BCUT2D eigenvalue weighted by Crippen LogP contribution is 2.09. The lowest BCUT2D eigenvalue weighted by Gasteiger charge is -2.07. The van der Waals surface area contributed by atoms with Crippen molar-refractivity contribution in [3.63, 3.8) is 0 Å². The van der Waals surface area contributed by atoms with Gasteiger partial charge in [-0.25, -0.2) is 9.59 Å². The Bertz CT molecular complexity index is 702. The molecule has 4 N–H and O–H groups in total. The molecule has 0 bridgehead atoms. The van der Waals surface area contributed by atoms with Crippen molar-refractivity contribution in [2.24, 2.45) is 0 Å². The van der Waals surface area contributed by atoms with E-state index in [1.165, 1.54) is 11.1 Å². The van der Waals surface area contributed by atoms with E-state index in [2.05, 4.69) is 17.6 Å². The number of hydrogen-bond donors (Lipinski definition) is 4. The normalized spacial score (nSPS) is 9.58. The average Bonchev–Trinajstić information content (AvgIpc) is 2.63. The topological polar surface area (TPSA) is 116 Å². The van der Waals surface area contributed by atoms with Gasteiger partial charge in [-0.05, 0) is 29.7 Å². The minimum absolute atomic E-state index is 0.0230. The van der Waals surface area contributed by atoms with Crippen LogP contribution in [0.2, 0.25) is 0 Å². The van der Waals surface area contributed by atoms with Crippen molar-refractivity contribution in [2.45, 2.75) is 19.9 Å². The predicted molar refractivity (Wildman–Crippen MR) is 97.9 cm³/mol. The number of carboxylic acid groups (broad SMARTS) is 2. The number of nitrogens with one attached hydrogen (secondary N) is 2. The Hall–Kier alpha value is -3.19. The van der Waals surface area contributed by atoms with Crippen LogP contribution in [0.5, 0.6) is 0 Å². The molecule has 138 valence electrons. The summed E-state index contributed by atoms with van der Waals surface area (Å²) in [5, 5.41) is 20.8. The van der Waals surface area contributed by atoms with Crippen LogP contribution < -0.4 is 10.6 Å². The second-order valence-electron chi connectivity index (χ2n) is 5.30. The van der Waals surface area contributed by atoms with Crippen molar-refractivity contribution in [3.05, 3.63) is 65.7 Å². The van der Waals surface area contributed by atoms with E-state index in [4.69, 9.17) is 19.8 Å². The summed E-state index contributed by atoms with van der Waals surface area (Å²) in [7, 11) is 0. The van der Waals surface area contributed by atoms with Crippen LogP contribution in [-0.2, 0) is 27.3 Å². The first-order valence-electron chi connectivity index (χ1n) is 8.02. The van der Waals surface area contributed by atoms with Crippen LogP contribution in [0.3, 0.4) is 0 Å². The smallest absolute Gasteiger partial charge is 0.414 e. The number of carbonyl (C=O) groups excluding carboxylic acids is 1. The molecule has 0 atom stereocenters. The summed E-state index contributed by atoms with van der Waals surface area (Å²) in [5.74, 6) is -3.67. The lowest BCUT2D eigenvalue weighted by molar-refractivity contribution is -0.159. The van der Waals surface area contributed by atoms with Crippen LogP contribution in [-0.4, -0.2) is 34.6 Å². The third-order valence-electron chi connectivity index (χ3n) is 3.29. The molecule has 2 aromatic rings. The molecule has 0 aliphatic carbocycles. The monoisotopic (exact) mass is 358 g/mol. The van der Waals surface area contributed by atoms with E-state index in [1.54, 1.807) is 0 Å². The number of hydrogen-bond acceptors (Lipinski definition) is 4. The third-order valence-corrected chi connectivity index (χ3v) is 3.29. The van der Waals surface area contributed by atoms with Crippen LogP contribution in [0.1, 0.15) is 18.1 Å². The second kappa shape index (κ2) is 11.4. The molecule has 0 heterocycles. The SMILES string of the molecule is CCc1ccc(NC(=O)CNCc2ccccc2)cc1.O=C(O)C(=O)O. The van der Waals surface area contributed by atoms with Gasteiger partial charge in [0.15, 0.2) is 0 Å². The summed E-state index contributed by atoms with van der Waals surface area (Å²) in [6, 6.07) is 18.0. The molecule has 1 amide bonds. The largest absolute Gasteiger partial charge is 0.473 e. The van der Waals surface area contributed by atoms with Crippen LogP contribution >= 0.6 is 0 Å². The fourth-order valence-electron chi connectivity index (χ4n) is 1.95. The zero-order chi connectivity index (χ0) is 19.4. The van der Waals surface area contributed by atoms with E-state index in [1.807, 2.05) is 54.6 Å². The van der Waals surface area contributed by atoms with E-state index >= 15 is 0 Å². The average molecular weight is 358 g/mol. The Morgan fingerprint density at radius 3 is 1.92 bits per heavy atom. The molecule has 7 nitrogen and oxygen atoms in total. The molecule has 0 saturated heterocycles. The quantitative estimate of drug-likeness (QED) is 0.588. The molecule has 0 unspecified atom stereocenters. The summed E-state index contributed by atoms with van der Waals surface area (Å²) in [6.07, 6.45) is 1.01. The minimum Gasteiger partial charge on any atom is -0.473 e. The molecule has 0 aliphatic heterocycles. The fraction of sp³-hybridized carbons (Fsp3) is 0.211. The number of amides is 1. The fourth-order valence-corrected chi connectivity index (χ4v) is 1.95. The van der Waals surface area contributed by atoms with Crippen molar-refractivity contribution >= 4 is 23.5 Å². The molecule has 2 aromatic carbocycles. The number of aryl methyl sites for hydroxylation is 1. The number of rotatable bonds is 6. The zero-order valence-electron chi connectivity index (χ0n) is 14.4. The third kappa shape index (κ3) is 8.60. The Kier molecular flexibility index (Phi) is 9.13. The molecule has 2 rings (SSSR count). The maximum Gasteiger partial charge on any atom is 0.414 e. The molecule has 0 saturated carbocycles. The zero-order valence-corrected chi connectivity index (χ0v) is 14.4. The summed E-state index contributed by atoms with van der Waals surface area (Å²) in [4.78, 5) is 30.0. The molecular weight excluding hydrogens is 336 g/mol. The molecule has 7 heteroatoms. The van der Waals surface area contributed by atoms with Crippen LogP contribution in [0.15, 0.2) is 54.6 Å². The van der Waals surface area contributed by atoms with Gasteiger partial charge in [0.25, 0.3) is 0 Å². The molecule has 0 spiro atoms. The van der Waals surface area contributed by atoms with E-state index in [0.717, 1.165) is 12.1 Å². The number of carbonyl (C=O) groups is 3. The number of carboxylic acids is 2.